The number of carbonyl (C=O) groups is 2. The van der Waals surface area contributed by atoms with Crippen LogP contribution in [-0.4, -0.2) is 44.0 Å². The fourth-order valence-corrected chi connectivity index (χ4v) is 2.12. The van der Waals surface area contributed by atoms with Crippen molar-refractivity contribution in [3.63, 3.8) is 0 Å². The standard InChI is InChI=1S/C16H27N3O4/c1-7-8-18(15(22)23-16(4,5)6)13(14(20)21)12-9-17-19(10-12)11(2)3/h9-11,13H,7-8H2,1-6H3,(H,20,21). The summed E-state index contributed by atoms with van der Waals surface area (Å²) in [6.07, 6.45) is 3.15. The molecule has 1 unspecified atom stereocenters. The van der Waals surface area contributed by atoms with E-state index in [4.69, 9.17) is 4.74 Å². The number of aliphatic carboxylic acids is 1. The van der Waals surface area contributed by atoms with Gasteiger partial charge in [-0.15, -0.1) is 0 Å². The van der Waals surface area contributed by atoms with Crippen LogP contribution in [0.4, 0.5) is 4.79 Å². The molecule has 0 aliphatic heterocycles. The molecule has 0 aromatic carbocycles. The fourth-order valence-electron chi connectivity index (χ4n) is 2.12. The molecule has 1 rings (SSSR count). The van der Waals surface area contributed by atoms with Gasteiger partial charge < -0.3 is 9.84 Å². The van der Waals surface area contributed by atoms with Gasteiger partial charge in [0.1, 0.15) is 5.60 Å². The first-order valence-electron chi connectivity index (χ1n) is 7.83. The summed E-state index contributed by atoms with van der Waals surface area (Å²) in [4.78, 5) is 25.4. The number of amides is 1. The Kier molecular flexibility index (Phi) is 6.18. The molecule has 1 atom stereocenters. The molecule has 0 fully saturated rings. The van der Waals surface area contributed by atoms with E-state index >= 15 is 0 Å². The number of carboxylic acid groups (broad SMARTS) is 1. The minimum absolute atomic E-state index is 0.111. The Hall–Kier alpha value is -2.05. The number of ether oxygens (including phenoxy) is 1. The van der Waals surface area contributed by atoms with Crippen molar-refractivity contribution in [1.82, 2.24) is 14.7 Å². The van der Waals surface area contributed by atoms with Gasteiger partial charge in [0.2, 0.25) is 0 Å². The summed E-state index contributed by atoms with van der Waals surface area (Å²) >= 11 is 0. The molecule has 0 aliphatic rings. The maximum absolute atomic E-state index is 12.4. The van der Waals surface area contributed by atoms with Gasteiger partial charge in [-0.05, 0) is 41.0 Å². The zero-order valence-corrected chi connectivity index (χ0v) is 14.7. The number of aromatic nitrogens is 2. The van der Waals surface area contributed by atoms with E-state index in [-0.39, 0.29) is 6.04 Å². The van der Waals surface area contributed by atoms with Crippen molar-refractivity contribution >= 4 is 12.1 Å². The molecule has 0 saturated heterocycles. The second-order valence-electron chi connectivity index (χ2n) is 6.76. The molecule has 1 amide bonds. The van der Waals surface area contributed by atoms with Crippen LogP contribution in [0, 0.1) is 0 Å². The van der Waals surface area contributed by atoms with E-state index in [1.54, 1.807) is 31.6 Å². The lowest BCUT2D eigenvalue weighted by Crippen LogP contribution is -2.42. The van der Waals surface area contributed by atoms with Crippen LogP contribution in [0.25, 0.3) is 0 Å². The van der Waals surface area contributed by atoms with Gasteiger partial charge in [0, 0.05) is 24.3 Å². The Morgan fingerprint density at radius 3 is 2.39 bits per heavy atom. The number of carboxylic acids is 1. The quantitative estimate of drug-likeness (QED) is 0.868. The molecule has 0 saturated carbocycles. The molecule has 0 aliphatic carbocycles. The zero-order valence-electron chi connectivity index (χ0n) is 14.7. The van der Waals surface area contributed by atoms with E-state index in [0.29, 0.717) is 18.5 Å². The average Bonchev–Trinajstić information content (AvgIpc) is 2.85. The molecular formula is C16H27N3O4. The zero-order chi connectivity index (χ0) is 17.8. The van der Waals surface area contributed by atoms with Crippen molar-refractivity contribution in [3.05, 3.63) is 18.0 Å². The Balaban J connectivity index is 3.15. The number of hydrogen-bond acceptors (Lipinski definition) is 4. The van der Waals surface area contributed by atoms with Crippen molar-refractivity contribution in [2.45, 2.75) is 65.6 Å². The van der Waals surface area contributed by atoms with Crippen LogP contribution >= 0.6 is 0 Å². The van der Waals surface area contributed by atoms with E-state index in [9.17, 15) is 14.7 Å². The van der Waals surface area contributed by atoms with Crippen LogP contribution < -0.4 is 0 Å². The highest BCUT2D eigenvalue weighted by Crippen LogP contribution is 2.24. The van der Waals surface area contributed by atoms with Crippen molar-refractivity contribution < 1.29 is 19.4 Å². The predicted octanol–water partition coefficient (Wildman–Crippen LogP) is 3.24. The number of hydrogen-bond donors (Lipinski definition) is 1. The van der Waals surface area contributed by atoms with E-state index in [1.807, 2.05) is 20.8 Å². The van der Waals surface area contributed by atoms with Gasteiger partial charge in [-0.2, -0.15) is 5.10 Å². The molecular weight excluding hydrogens is 298 g/mol. The first kappa shape index (κ1) is 19.0. The second kappa shape index (κ2) is 7.48. The van der Waals surface area contributed by atoms with Gasteiger partial charge >= 0.3 is 12.1 Å². The number of nitrogens with zero attached hydrogens (tertiary/aromatic N) is 3. The van der Waals surface area contributed by atoms with Crippen LogP contribution in [0.2, 0.25) is 0 Å². The monoisotopic (exact) mass is 325 g/mol. The van der Waals surface area contributed by atoms with Gasteiger partial charge in [-0.25, -0.2) is 9.59 Å². The molecule has 7 nitrogen and oxygen atoms in total. The molecule has 1 aromatic heterocycles. The minimum atomic E-state index is -1.11. The molecule has 0 spiro atoms. The van der Waals surface area contributed by atoms with Crippen LogP contribution in [0.15, 0.2) is 12.4 Å². The lowest BCUT2D eigenvalue weighted by Gasteiger charge is -2.30. The summed E-state index contributed by atoms with van der Waals surface area (Å²) in [6, 6.07) is -1.00. The van der Waals surface area contributed by atoms with Crippen molar-refractivity contribution in [2.24, 2.45) is 0 Å². The highest BCUT2D eigenvalue weighted by atomic mass is 16.6. The van der Waals surface area contributed by atoms with Gasteiger partial charge in [-0.3, -0.25) is 9.58 Å². The maximum Gasteiger partial charge on any atom is 0.411 e. The van der Waals surface area contributed by atoms with Crippen molar-refractivity contribution in [1.29, 1.82) is 0 Å². The maximum atomic E-state index is 12.4. The Morgan fingerprint density at radius 2 is 2.00 bits per heavy atom. The Labute approximate surface area is 137 Å². The lowest BCUT2D eigenvalue weighted by atomic mass is 10.1. The van der Waals surface area contributed by atoms with E-state index in [2.05, 4.69) is 5.10 Å². The molecule has 1 aromatic rings. The molecule has 7 heteroatoms. The van der Waals surface area contributed by atoms with Crippen LogP contribution in [0.3, 0.4) is 0 Å². The average molecular weight is 325 g/mol. The molecule has 130 valence electrons. The summed E-state index contributed by atoms with van der Waals surface area (Å²) in [5.74, 6) is -1.10. The summed E-state index contributed by atoms with van der Waals surface area (Å²) in [5.41, 5.74) is -0.223. The Morgan fingerprint density at radius 1 is 1.39 bits per heavy atom. The minimum Gasteiger partial charge on any atom is -0.479 e. The summed E-state index contributed by atoms with van der Waals surface area (Å²) in [5, 5.41) is 13.8. The highest BCUT2D eigenvalue weighted by Gasteiger charge is 2.34. The van der Waals surface area contributed by atoms with Crippen LogP contribution in [0.5, 0.6) is 0 Å². The van der Waals surface area contributed by atoms with Crippen molar-refractivity contribution in [2.75, 3.05) is 6.54 Å². The summed E-state index contributed by atoms with van der Waals surface area (Å²) in [6.45, 7) is 11.3. The lowest BCUT2D eigenvalue weighted by molar-refractivity contribution is -0.143. The van der Waals surface area contributed by atoms with Gasteiger partial charge in [0.25, 0.3) is 0 Å². The van der Waals surface area contributed by atoms with E-state index in [0.717, 1.165) is 0 Å². The summed E-state index contributed by atoms with van der Waals surface area (Å²) < 4.78 is 7.03. The van der Waals surface area contributed by atoms with Crippen molar-refractivity contribution in [3.8, 4) is 0 Å². The second-order valence-corrected chi connectivity index (χ2v) is 6.76. The third-order valence-electron chi connectivity index (χ3n) is 3.10. The third-order valence-corrected chi connectivity index (χ3v) is 3.10. The third kappa shape index (κ3) is 5.26. The smallest absolute Gasteiger partial charge is 0.411 e. The molecule has 1 heterocycles. The van der Waals surface area contributed by atoms with Crippen LogP contribution in [0.1, 0.15) is 65.6 Å². The van der Waals surface area contributed by atoms with Gasteiger partial charge in [0.15, 0.2) is 6.04 Å². The van der Waals surface area contributed by atoms with E-state index < -0.39 is 23.7 Å². The fraction of sp³-hybridized carbons (Fsp3) is 0.688. The number of carbonyl (C=O) groups excluding carboxylic acids is 1. The highest BCUT2D eigenvalue weighted by molar-refractivity contribution is 5.81. The largest absolute Gasteiger partial charge is 0.479 e. The number of rotatable bonds is 6. The molecule has 0 bridgehead atoms. The van der Waals surface area contributed by atoms with E-state index in [1.165, 1.54) is 11.1 Å². The summed E-state index contributed by atoms with van der Waals surface area (Å²) in [7, 11) is 0. The normalized spacial score (nSPS) is 13.0. The van der Waals surface area contributed by atoms with Gasteiger partial charge in [0.05, 0.1) is 6.20 Å². The topological polar surface area (TPSA) is 84.7 Å². The first-order valence-corrected chi connectivity index (χ1v) is 7.83. The molecule has 0 radical (unpaired) electrons. The van der Waals surface area contributed by atoms with Gasteiger partial charge in [-0.1, -0.05) is 6.92 Å². The molecule has 23 heavy (non-hydrogen) atoms. The molecule has 1 N–H and O–H groups in total. The van der Waals surface area contributed by atoms with Crippen LogP contribution in [-0.2, 0) is 9.53 Å². The first-order chi connectivity index (χ1) is 10.6. The SMILES string of the molecule is CCCN(C(=O)OC(C)(C)C)C(C(=O)O)c1cnn(C(C)C)c1. The predicted molar refractivity (Wildman–Crippen MR) is 86.2 cm³/mol. The Bertz CT molecular complexity index is 546.